The van der Waals surface area contributed by atoms with Crippen molar-refractivity contribution in [3.8, 4) is 0 Å². The first-order chi connectivity index (χ1) is 12.7. The molecule has 0 saturated heterocycles. The standard InChI is InChI=1S/C21H16FN3O/c22-17-11-12-19-23-18(14-25(19)13-17)21(26)24-20(15-7-3-1-4-8-15)16-9-5-2-6-10-16/h1-14,20H,(H,24,26). The maximum atomic E-state index is 13.4. The SMILES string of the molecule is O=C(NC(c1ccccc1)c1ccccc1)c1cn2cc(F)ccc2n1. The number of aromatic nitrogens is 2. The van der Waals surface area contributed by atoms with Crippen molar-refractivity contribution in [1.82, 2.24) is 14.7 Å². The molecule has 5 heteroatoms. The van der Waals surface area contributed by atoms with Crippen LogP contribution in [0.25, 0.3) is 5.65 Å². The largest absolute Gasteiger partial charge is 0.340 e. The highest BCUT2D eigenvalue weighted by Crippen LogP contribution is 2.22. The van der Waals surface area contributed by atoms with Gasteiger partial charge in [-0.15, -0.1) is 0 Å². The van der Waals surface area contributed by atoms with E-state index < -0.39 is 0 Å². The Morgan fingerprint density at radius 2 is 1.50 bits per heavy atom. The van der Waals surface area contributed by atoms with Gasteiger partial charge < -0.3 is 9.72 Å². The lowest BCUT2D eigenvalue weighted by atomic mass is 9.98. The Hall–Kier alpha value is -3.47. The first kappa shape index (κ1) is 16.0. The second-order valence-electron chi connectivity index (χ2n) is 5.97. The summed E-state index contributed by atoms with van der Waals surface area (Å²) in [6.07, 6.45) is 2.83. The first-order valence-electron chi connectivity index (χ1n) is 8.26. The number of carbonyl (C=O) groups excluding carboxylic acids is 1. The van der Waals surface area contributed by atoms with Gasteiger partial charge in [0.05, 0.1) is 6.04 Å². The highest BCUT2D eigenvalue weighted by atomic mass is 19.1. The van der Waals surface area contributed by atoms with E-state index in [9.17, 15) is 9.18 Å². The number of pyridine rings is 1. The molecule has 26 heavy (non-hydrogen) atoms. The van der Waals surface area contributed by atoms with Gasteiger partial charge in [-0.2, -0.15) is 0 Å². The molecule has 0 fully saturated rings. The van der Waals surface area contributed by atoms with E-state index in [1.54, 1.807) is 0 Å². The number of hydrogen-bond donors (Lipinski definition) is 1. The second-order valence-corrected chi connectivity index (χ2v) is 5.97. The molecule has 0 spiro atoms. The Labute approximate surface area is 149 Å². The van der Waals surface area contributed by atoms with Crippen molar-refractivity contribution in [2.45, 2.75) is 6.04 Å². The summed E-state index contributed by atoms with van der Waals surface area (Å²) >= 11 is 0. The number of halogens is 1. The Bertz CT molecular complexity index is 1010. The Balaban J connectivity index is 1.67. The van der Waals surface area contributed by atoms with Gasteiger partial charge in [0.15, 0.2) is 0 Å². The van der Waals surface area contributed by atoms with E-state index in [0.29, 0.717) is 5.65 Å². The molecule has 0 saturated carbocycles. The molecule has 1 N–H and O–H groups in total. The monoisotopic (exact) mass is 345 g/mol. The number of nitrogens with zero attached hydrogens (tertiary/aromatic N) is 2. The predicted octanol–water partition coefficient (Wildman–Crippen LogP) is 3.99. The third-order valence-electron chi connectivity index (χ3n) is 4.19. The summed E-state index contributed by atoms with van der Waals surface area (Å²) in [5, 5.41) is 3.03. The molecule has 4 rings (SSSR count). The minimum Gasteiger partial charge on any atom is -0.340 e. The van der Waals surface area contributed by atoms with Crippen molar-refractivity contribution >= 4 is 11.6 Å². The van der Waals surface area contributed by atoms with E-state index in [2.05, 4.69) is 10.3 Å². The lowest BCUT2D eigenvalue weighted by Crippen LogP contribution is -2.29. The number of rotatable bonds is 4. The summed E-state index contributed by atoms with van der Waals surface area (Å²) < 4.78 is 14.9. The van der Waals surface area contributed by atoms with Crippen molar-refractivity contribution in [2.24, 2.45) is 0 Å². The third kappa shape index (κ3) is 3.19. The lowest BCUT2D eigenvalue weighted by Gasteiger charge is -2.19. The zero-order chi connectivity index (χ0) is 17.9. The van der Waals surface area contributed by atoms with Crippen LogP contribution < -0.4 is 5.32 Å². The molecule has 0 bridgehead atoms. The molecule has 2 aromatic heterocycles. The van der Waals surface area contributed by atoms with Crippen molar-refractivity contribution in [3.63, 3.8) is 0 Å². The summed E-state index contributed by atoms with van der Waals surface area (Å²) in [4.78, 5) is 17.1. The van der Waals surface area contributed by atoms with Crippen molar-refractivity contribution < 1.29 is 9.18 Å². The summed E-state index contributed by atoms with van der Waals surface area (Å²) in [6, 6.07) is 22.0. The highest BCUT2D eigenvalue weighted by Gasteiger charge is 2.19. The quantitative estimate of drug-likeness (QED) is 0.608. The fourth-order valence-corrected chi connectivity index (χ4v) is 2.93. The van der Waals surface area contributed by atoms with Gasteiger partial charge in [-0.25, -0.2) is 9.37 Å². The van der Waals surface area contributed by atoms with Crippen LogP contribution in [0, 0.1) is 5.82 Å². The molecule has 0 aliphatic heterocycles. The molecule has 1 amide bonds. The van der Waals surface area contributed by atoms with Crippen LogP contribution in [-0.4, -0.2) is 15.3 Å². The summed E-state index contributed by atoms with van der Waals surface area (Å²) in [6.45, 7) is 0. The molecular formula is C21H16FN3O. The van der Waals surface area contributed by atoms with Crippen LogP contribution in [0.4, 0.5) is 4.39 Å². The number of hydrogen-bond acceptors (Lipinski definition) is 2. The number of fused-ring (bicyclic) bond motifs is 1. The Morgan fingerprint density at radius 3 is 2.12 bits per heavy atom. The molecule has 128 valence electrons. The predicted molar refractivity (Wildman–Crippen MR) is 97.3 cm³/mol. The molecule has 0 unspecified atom stereocenters. The van der Waals surface area contributed by atoms with Crippen LogP contribution in [0.3, 0.4) is 0 Å². The molecule has 0 aliphatic rings. The van der Waals surface area contributed by atoms with Crippen LogP contribution in [0.15, 0.2) is 85.2 Å². The fraction of sp³-hybridized carbons (Fsp3) is 0.0476. The fourth-order valence-electron chi connectivity index (χ4n) is 2.93. The van der Waals surface area contributed by atoms with Gasteiger partial charge in [-0.05, 0) is 23.3 Å². The van der Waals surface area contributed by atoms with Crippen molar-refractivity contribution in [3.05, 3.63) is 108 Å². The van der Waals surface area contributed by atoms with E-state index in [1.165, 1.54) is 28.9 Å². The number of amides is 1. The third-order valence-corrected chi connectivity index (χ3v) is 4.19. The number of nitrogens with one attached hydrogen (secondary N) is 1. The average molecular weight is 345 g/mol. The van der Waals surface area contributed by atoms with Gasteiger partial charge in [0.25, 0.3) is 5.91 Å². The van der Waals surface area contributed by atoms with Crippen LogP contribution in [0.5, 0.6) is 0 Å². The summed E-state index contributed by atoms with van der Waals surface area (Å²) in [7, 11) is 0. The minimum absolute atomic E-state index is 0.243. The molecule has 2 aromatic carbocycles. The minimum atomic E-state index is -0.381. The lowest BCUT2D eigenvalue weighted by molar-refractivity contribution is 0.0938. The van der Waals surface area contributed by atoms with Crippen molar-refractivity contribution in [2.75, 3.05) is 0 Å². The molecule has 0 atom stereocenters. The molecule has 4 nitrogen and oxygen atoms in total. The van der Waals surface area contributed by atoms with Crippen LogP contribution >= 0.6 is 0 Å². The van der Waals surface area contributed by atoms with E-state index in [0.717, 1.165) is 11.1 Å². The second kappa shape index (κ2) is 6.80. The maximum absolute atomic E-state index is 13.4. The molecule has 0 aliphatic carbocycles. The normalized spacial score (nSPS) is 11.0. The van der Waals surface area contributed by atoms with E-state index in [1.807, 2.05) is 60.7 Å². The number of carbonyl (C=O) groups is 1. The van der Waals surface area contributed by atoms with Gasteiger partial charge in [0.2, 0.25) is 0 Å². The zero-order valence-corrected chi connectivity index (χ0v) is 13.8. The topological polar surface area (TPSA) is 46.4 Å². The van der Waals surface area contributed by atoms with Gasteiger partial charge in [-0.1, -0.05) is 60.7 Å². The maximum Gasteiger partial charge on any atom is 0.272 e. The summed E-state index contributed by atoms with van der Waals surface area (Å²) in [5.74, 6) is -0.694. The van der Waals surface area contributed by atoms with Gasteiger partial charge in [-0.3, -0.25) is 4.79 Å². The first-order valence-corrected chi connectivity index (χ1v) is 8.26. The van der Waals surface area contributed by atoms with Crippen molar-refractivity contribution in [1.29, 1.82) is 0 Å². The summed E-state index contributed by atoms with van der Waals surface area (Å²) in [5.41, 5.74) is 2.71. The van der Waals surface area contributed by atoms with Gasteiger partial charge in [0, 0.05) is 12.4 Å². The van der Waals surface area contributed by atoms with E-state index in [-0.39, 0.29) is 23.5 Å². The van der Waals surface area contributed by atoms with Crippen LogP contribution in [0.2, 0.25) is 0 Å². The zero-order valence-electron chi connectivity index (χ0n) is 13.8. The number of benzene rings is 2. The Morgan fingerprint density at radius 1 is 0.885 bits per heavy atom. The Kier molecular flexibility index (Phi) is 4.19. The van der Waals surface area contributed by atoms with E-state index in [4.69, 9.17) is 0 Å². The molecular weight excluding hydrogens is 329 g/mol. The molecule has 2 heterocycles. The number of imidazole rings is 1. The van der Waals surface area contributed by atoms with Gasteiger partial charge in [0.1, 0.15) is 17.2 Å². The van der Waals surface area contributed by atoms with E-state index >= 15 is 0 Å². The van der Waals surface area contributed by atoms with Gasteiger partial charge >= 0.3 is 0 Å². The van der Waals surface area contributed by atoms with Crippen LogP contribution in [-0.2, 0) is 0 Å². The molecule has 0 radical (unpaired) electrons. The average Bonchev–Trinajstić information content (AvgIpc) is 3.10. The molecule has 4 aromatic rings. The smallest absolute Gasteiger partial charge is 0.272 e. The highest BCUT2D eigenvalue weighted by molar-refractivity contribution is 5.93. The van der Waals surface area contributed by atoms with Crippen LogP contribution in [0.1, 0.15) is 27.7 Å².